The number of benzene rings is 1. The number of carbonyl (C=O) groups is 2. The monoisotopic (exact) mass is 209 g/mol. The van der Waals surface area contributed by atoms with Gasteiger partial charge in [-0.15, -0.1) is 0 Å². The fourth-order valence-electron chi connectivity index (χ4n) is 0.900. The summed E-state index contributed by atoms with van der Waals surface area (Å²) >= 11 is 0. The summed E-state index contributed by atoms with van der Waals surface area (Å²) in [6.07, 6.45) is 0.787. The Balaban J connectivity index is 2.91. The number of aliphatic carboxylic acids is 1. The normalized spacial score (nSPS) is 11.1. The number of carbonyl (C=O) groups excluding carboxylic acids is 1. The summed E-state index contributed by atoms with van der Waals surface area (Å²) < 4.78 is 12.5. The molecule has 0 amide bonds. The van der Waals surface area contributed by atoms with Gasteiger partial charge in [0, 0.05) is 11.6 Å². The van der Waals surface area contributed by atoms with Crippen LogP contribution in [-0.2, 0) is 4.79 Å². The topological polar surface area (TPSA) is 80.4 Å². The molecule has 0 aliphatic rings. The first-order valence-corrected chi connectivity index (χ1v) is 4.01. The Kier molecular flexibility index (Phi) is 3.17. The molecule has 15 heavy (non-hydrogen) atoms. The number of allylic oxidation sites excluding steroid dienone is 1. The number of rotatable bonds is 3. The van der Waals surface area contributed by atoms with Crippen LogP contribution in [0.5, 0.6) is 0 Å². The Bertz CT molecular complexity index is 423. The molecule has 0 aliphatic heterocycles. The third-order valence-corrected chi connectivity index (χ3v) is 1.66. The summed E-state index contributed by atoms with van der Waals surface area (Å²) in [5, 5.41) is 8.42. The van der Waals surface area contributed by atoms with E-state index in [1.54, 1.807) is 0 Å². The Labute approximate surface area is 84.8 Å². The fourth-order valence-corrected chi connectivity index (χ4v) is 0.900. The summed E-state index contributed by atoms with van der Waals surface area (Å²) in [6.45, 7) is 0. The molecule has 0 saturated carbocycles. The number of carboxylic acids is 1. The van der Waals surface area contributed by atoms with E-state index in [1.807, 2.05) is 0 Å². The second-order valence-corrected chi connectivity index (χ2v) is 2.78. The van der Waals surface area contributed by atoms with Crippen LogP contribution in [0, 0.1) is 5.82 Å². The molecule has 0 aromatic heterocycles. The van der Waals surface area contributed by atoms with E-state index in [1.165, 1.54) is 12.1 Å². The molecule has 0 aliphatic carbocycles. The third-order valence-electron chi connectivity index (χ3n) is 1.66. The van der Waals surface area contributed by atoms with E-state index in [4.69, 9.17) is 10.8 Å². The number of hydrogen-bond donors (Lipinski definition) is 2. The first kappa shape index (κ1) is 10.9. The summed E-state index contributed by atoms with van der Waals surface area (Å²) in [4.78, 5) is 21.6. The van der Waals surface area contributed by atoms with Crippen molar-refractivity contribution in [2.24, 2.45) is 5.73 Å². The van der Waals surface area contributed by atoms with Crippen LogP contribution in [0.4, 0.5) is 4.39 Å². The predicted molar refractivity (Wildman–Crippen MR) is 50.6 cm³/mol. The largest absolute Gasteiger partial charge is 0.477 e. The lowest BCUT2D eigenvalue weighted by molar-refractivity contribution is -0.132. The smallest absolute Gasteiger partial charge is 0.351 e. The lowest BCUT2D eigenvalue weighted by Gasteiger charge is -1.96. The lowest BCUT2D eigenvalue weighted by Crippen LogP contribution is -2.12. The van der Waals surface area contributed by atoms with Crippen molar-refractivity contribution in [1.82, 2.24) is 0 Å². The van der Waals surface area contributed by atoms with E-state index in [0.29, 0.717) is 0 Å². The fraction of sp³-hybridized carbons (Fsp3) is 0. The Morgan fingerprint density at radius 2 is 1.80 bits per heavy atom. The van der Waals surface area contributed by atoms with E-state index in [9.17, 15) is 14.0 Å². The zero-order valence-electron chi connectivity index (χ0n) is 7.61. The quantitative estimate of drug-likeness (QED) is 0.573. The van der Waals surface area contributed by atoms with Gasteiger partial charge in [0.1, 0.15) is 11.5 Å². The average molecular weight is 209 g/mol. The highest BCUT2D eigenvalue weighted by Gasteiger charge is 2.07. The van der Waals surface area contributed by atoms with Crippen LogP contribution in [0.25, 0.3) is 0 Å². The van der Waals surface area contributed by atoms with Crippen LogP contribution < -0.4 is 5.73 Å². The van der Waals surface area contributed by atoms with Gasteiger partial charge >= 0.3 is 5.97 Å². The molecular formula is C10H8FNO3. The molecule has 78 valence electrons. The van der Waals surface area contributed by atoms with Gasteiger partial charge in [0.2, 0.25) is 0 Å². The maximum Gasteiger partial charge on any atom is 0.351 e. The Morgan fingerprint density at radius 1 is 1.27 bits per heavy atom. The summed E-state index contributed by atoms with van der Waals surface area (Å²) in [7, 11) is 0. The van der Waals surface area contributed by atoms with Crippen molar-refractivity contribution in [1.29, 1.82) is 0 Å². The van der Waals surface area contributed by atoms with Crippen LogP contribution in [0.1, 0.15) is 10.4 Å². The van der Waals surface area contributed by atoms with E-state index in [-0.39, 0.29) is 5.56 Å². The molecule has 0 bridgehead atoms. The molecule has 0 unspecified atom stereocenters. The molecule has 0 saturated heterocycles. The first-order valence-electron chi connectivity index (χ1n) is 4.01. The van der Waals surface area contributed by atoms with Gasteiger partial charge in [0.15, 0.2) is 5.78 Å². The second-order valence-electron chi connectivity index (χ2n) is 2.78. The van der Waals surface area contributed by atoms with Crippen molar-refractivity contribution in [2.45, 2.75) is 0 Å². The number of halogens is 1. The summed E-state index contributed by atoms with van der Waals surface area (Å²) in [5.41, 5.74) is 4.68. The van der Waals surface area contributed by atoms with Crippen LogP contribution in [0.15, 0.2) is 36.0 Å². The van der Waals surface area contributed by atoms with Crippen molar-refractivity contribution in [3.05, 3.63) is 47.4 Å². The first-order chi connectivity index (χ1) is 7.00. The van der Waals surface area contributed by atoms with Crippen LogP contribution in [0.3, 0.4) is 0 Å². The van der Waals surface area contributed by atoms with E-state index >= 15 is 0 Å². The minimum atomic E-state index is -1.37. The molecule has 0 radical (unpaired) electrons. The number of nitrogens with two attached hydrogens (primary N) is 1. The minimum Gasteiger partial charge on any atom is -0.477 e. The summed E-state index contributed by atoms with van der Waals surface area (Å²) in [6, 6.07) is 4.72. The standard InChI is InChI=1S/C10H8FNO3/c11-7-3-1-6(2-4-7)9(13)5-8(12)10(14)15/h1-5H,12H2,(H,14,15)/b8-5+. The van der Waals surface area contributed by atoms with Crippen LogP contribution >= 0.6 is 0 Å². The third kappa shape index (κ3) is 2.91. The van der Waals surface area contributed by atoms with Gasteiger partial charge < -0.3 is 10.8 Å². The Morgan fingerprint density at radius 3 is 2.27 bits per heavy atom. The zero-order chi connectivity index (χ0) is 11.4. The average Bonchev–Trinajstić information content (AvgIpc) is 2.18. The highest BCUT2D eigenvalue weighted by molar-refractivity contribution is 6.08. The minimum absolute atomic E-state index is 0.181. The summed E-state index contributed by atoms with van der Waals surface area (Å²) in [5.74, 6) is -2.41. The van der Waals surface area contributed by atoms with Crippen LogP contribution in [-0.4, -0.2) is 16.9 Å². The molecule has 5 heteroatoms. The van der Waals surface area contributed by atoms with Crippen molar-refractivity contribution in [3.63, 3.8) is 0 Å². The molecule has 1 aromatic rings. The van der Waals surface area contributed by atoms with Gasteiger partial charge in [0.05, 0.1) is 0 Å². The molecule has 0 fully saturated rings. The molecule has 0 atom stereocenters. The highest BCUT2D eigenvalue weighted by Crippen LogP contribution is 2.05. The molecule has 0 spiro atoms. The number of ketones is 1. The van der Waals surface area contributed by atoms with Gasteiger partial charge in [-0.05, 0) is 24.3 Å². The van der Waals surface area contributed by atoms with Gasteiger partial charge in [-0.25, -0.2) is 9.18 Å². The van der Waals surface area contributed by atoms with E-state index < -0.39 is 23.3 Å². The van der Waals surface area contributed by atoms with Gasteiger partial charge in [-0.2, -0.15) is 0 Å². The number of carboxylic acid groups (broad SMARTS) is 1. The second kappa shape index (κ2) is 4.36. The predicted octanol–water partition coefficient (Wildman–Crippen LogP) is 0.936. The molecule has 1 rings (SSSR count). The van der Waals surface area contributed by atoms with Crippen molar-refractivity contribution in [3.8, 4) is 0 Å². The lowest BCUT2D eigenvalue weighted by atomic mass is 10.1. The van der Waals surface area contributed by atoms with Gasteiger partial charge in [-0.3, -0.25) is 4.79 Å². The maximum atomic E-state index is 12.5. The zero-order valence-corrected chi connectivity index (χ0v) is 7.61. The van der Waals surface area contributed by atoms with Crippen molar-refractivity contribution < 1.29 is 19.1 Å². The van der Waals surface area contributed by atoms with E-state index in [0.717, 1.165) is 18.2 Å². The molecule has 0 heterocycles. The van der Waals surface area contributed by atoms with E-state index in [2.05, 4.69) is 0 Å². The molecule has 1 aromatic carbocycles. The molecular weight excluding hydrogens is 201 g/mol. The Hall–Kier alpha value is -2.17. The van der Waals surface area contributed by atoms with Gasteiger partial charge in [0.25, 0.3) is 0 Å². The number of hydrogen-bond acceptors (Lipinski definition) is 3. The van der Waals surface area contributed by atoms with Gasteiger partial charge in [-0.1, -0.05) is 0 Å². The van der Waals surface area contributed by atoms with Crippen molar-refractivity contribution in [2.75, 3.05) is 0 Å². The molecule has 4 nitrogen and oxygen atoms in total. The highest BCUT2D eigenvalue weighted by atomic mass is 19.1. The molecule has 3 N–H and O–H groups in total. The van der Waals surface area contributed by atoms with Crippen molar-refractivity contribution >= 4 is 11.8 Å². The maximum absolute atomic E-state index is 12.5. The van der Waals surface area contributed by atoms with Crippen LogP contribution in [0.2, 0.25) is 0 Å². The SMILES string of the molecule is N/C(=C/C(=O)c1ccc(F)cc1)C(=O)O.